The van der Waals surface area contributed by atoms with E-state index in [2.05, 4.69) is 10.4 Å². The Balaban J connectivity index is 1.42. The van der Waals surface area contributed by atoms with Crippen LogP contribution in [0.5, 0.6) is 11.5 Å². The number of para-hydroxylation sites is 1. The molecule has 0 saturated carbocycles. The molecule has 0 atom stereocenters. The SMILES string of the molecule is Cc1ccc(-c2ccc(=O)n(CC(=O)Nc3ccc(Oc4ccccc4)cc3)n2)cc1. The van der Waals surface area contributed by atoms with Gasteiger partial charge < -0.3 is 10.1 Å². The molecule has 0 aliphatic rings. The van der Waals surface area contributed by atoms with Crippen LogP contribution in [0.1, 0.15) is 5.56 Å². The number of hydrogen-bond acceptors (Lipinski definition) is 4. The van der Waals surface area contributed by atoms with E-state index < -0.39 is 0 Å². The Morgan fingerprint density at radius 3 is 2.26 bits per heavy atom. The monoisotopic (exact) mass is 411 g/mol. The van der Waals surface area contributed by atoms with Gasteiger partial charge in [0, 0.05) is 17.3 Å². The van der Waals surface area contributed by atoms with Gasteiger partial charge in [0.2, 0.25) is 5.91 Å². The molecule has 4 rings (SSSR count). The number of aryl methyl sites for hydroxylation is 1. The van der Waals surface area contributed by atoms with Crippen LogP contribution in [-0.2, 0) is 11.3 Å². The number of carbonyl (C=O) groups is 1. The van der Waals surface area contributed by atoms with E-state index >= 15 is 0 Å². The highest BCUT2D eigenvalue weighted by molar-refractivity contribution is 5.90. The first-order valence-corrected chi connectivity index (χ1v) is 9.85. The second-order valence-electron chi connectivity index (χ2n) is 7.07. The first kappa shape index (κ1) is 20.1. The van der Waals surface area contributed by atoms with Crippen molar-refractivity contribution >= 4 is 11.6 Å². The number of carbonyl (C=O) groups excluding carboxylic acids is 1. The summed E-state index contributed by atoms with van der Waals surface area (Å²) in [5.74, 6) is 1.05. The molecule has 0 unspecified atom stereocenters. The van der Waals surface area contributed by atoms with Crippen molar-refractivity contribution in [3.8, 4) is 22.8 Å². The average molecular weight is 411 g/mol. The lowest BCUT2D eigenvalue weighted by Crippen LogP contribution is -2.29. The number of benzene rings is 3. The van der Waals surface area contributed by atoms with Gasteiger partial charge in [0.1, 0.15) is 18.0 Å². The van der Waals surface area contributed by atoms with Gasteiger partial charge in [-0.25, -0.2) is 4.68 Å². The second kappa shape index (κ2) is 9.09. The van der Waals surface area contributed by atoms with Crippen molar-refractivity contribution in [1.82, 2.24) is 9.78 Å². The zero-order chi connectivity index (χ0) is 21.6. The van der Waals surface area contributed by atoms with E-state index in [1.54, 1.807) is 30.3 Å². The third kappa shape index (κ3) is 5.25. The highest BCUT2D eigenvalue weighted by Gasteiger charge is 2.09. The first-order valence-electron chi connectivity index (χ1n) is 9.85. The molecule has 0 spiro atoms. The summed E-state index contributed by atoms with van der Waals surface area (Å²) in [6.45, 7) is 1.82. The number of nitrogens with one attached hydrogen (secondary N) is 1. The fourth-order valence-corrected chi connectivity index (χ4v) is 3.01. The van der Waals surface area contributed by atoms with Crippen molar-refractivity contribution in [3.63, 3.8) is 0 Å². The van der Waals surface area contributed by atoms with Crippen molar-refractivity contribution < 1.29 is 9.53 Å². The number of aromatic nitrogens is 2. The largest absolute Gasteiger partial charge is 0.457 e. The molecule has 0 fully saturated rings. The van der Waals surface area contributed by atoms with Crippen molar-refractivity contribution in [2.45, 2.75) is 13.5 Å². The summed E-state index contributed by atoms with van der Waals surface area (Å²) in [6.07, 6.45) is 0. The average Bonchev–Trinajstić information content (AvgIpc) is 2.78. The molecule has 4 aromatic rings. The van der Waals surface area contributed by atoms with E-state index in [4.69, 9.17) is 4.74 Å². The Hall–Kier alpha value is -4.19. The molecule has 0 radical (unpaired) electrons. The van der Waals surface area contributed by atoms with Crippen LogP contribution in [0.25, 0.3) is 11.3 Å². The Bertz CT molecular complexity index is 1230. The van der Waals surface area contributed by atoms with Crippen molar-refractivity contribution in [3.05, 3.63) is 107 Å². The molecule has 6 heteroatoms. The van der Waals surface area contributed by atoms with Crippen LogP contribution in [0.2, 0.25) is 0 Å². The number of ether oxygens (including phenoxy) is 1. The number of nitrogens with zero attached hydrogens (tertiary/aromatic N) is 2. The minimum atomic E-state index is -0.340. The predicted molar refractivity (Wildman–Crippen MR) is 120 cm³/mol. The normalized spacial score (nSPS) is 10.5. The van der Waals surface area contributed by atoms with E-state index in [1.807, 2.05) is 61.5 Å². The first-order chi connectivity index (χ1) is 15.1. The van der Waals surface area contributed by atoms with E-state index in [0.29, 0.717) is 17.1 Å². The number of hydrogen-bond donors (Lipinski definition) is 1. The Morgan fingerprint density at radius 2 is 1.55 bits per heavy atom. The van der Waals surface area contributed by atoms with Crippen molar-refractivity contribution in [2.75, 3.05) is 5.32 Å². The molecule has 3 aromatic carbocycles. The molecule has 0 aliphatic carbocycles. The van der Waals surface area contributed by atoms with Crippen LogP contribution in [0.4, 0.5) is 5.69 Å². The third-order valence-corrected chi connectivity index (χ3v) is 4.62. The van der Waals surface area contributed by atoms with Gasteiger partial charge in [-0.05, 0) is 49.4 Å². The molecular weight excluding hydrogens is 390 g/mol. The van der Waals surface area contributed by atoms with E-state index in [-0.39, 0.29) is 18.0 Å². The van der Waals surface area contributed by atoms with Crippen molar-refractivity contribution in [1.29, 1.82) is 0 Å². The molecule has 0 bridgehead atoms. The standard InChI is InChI=1S/C25H21N3O3/c1-18-7-9-19(10-8-18)23-15-16-25(30)28(27-23)17-24(29)26-20-11-13-22(14-12-20)31-21-5-3-2-4-6-21/h2-16H,17H2,1H3,(H,26,29). The second-order valence-corrected chi connectivity index (χ2v) is 7.07. The van der Waals surface area contributed by atoms with Crippen LogP contribution in [-0.4, -0.2) is 15.7 Å². The molecule has 1 N–H and O–H groups in total. The number of amides is 1. The third-order valence-electron chi connectivity index (χ3n) is 4.62. The van der Waals surface area contributed by atoms with Gasteiger partial charge in [-0.2, -0.15) is 5.10 Å². The lowest BCUT2D eigenvalue weighted by Gasteiger charge is -2.10. The van der Waals surface area contributed by atoms with E-state index in [9.17, 15) is 9.59 Å². The number of anilines is 1. The maximum Gasteiger partial charge on any atom is 0.267 e. The Labute approximate surface area is 179 Å². The smallest absolute Gasteiger partial charge is 0.267 e. The maximum atomic E-state index is 12.5. The Morgan fingerprint density at radius 1 is 0.871 bits per heavy atom. The van der Waals surface area contributed by atoms with Crippen LogP contribution in [0, 0.1) is 6.92 Å². The van der Waals surface area contributed by atoms with Crippen LogP contribution in [0.15, 0.2) is 95.8 Å². The van der Waals surface area contributed by atoms with Gasteiger partial charge in [0.15, 0.2) is 0 Å². The minimum absolute atomic E-state index is 0.180. The van der Waals surface area contributed by atoms with Crippen LogP contribution < -0.4 is 15.6 Å². The fraction of sp³-hybridized carbons (Fsp3) is 0.0800. The zero-order valence-corrected chi connectivity index (χ0v) is 17.0. The molecule has 1 amide bonds. The van der Waals surface area contributed by atoms with Gasteiger partial charge in [0.25, 0.3) is 5.56 Å². The fourth-order valence-electron chi connectivity index (χ4n) is 3.01. The molecule has 6 nitrogen and oxygen atoms in total. The van der Waals surface area contributed by atoms with Gasteiger partial charge in [-0.3, -0.25) is 9.59 Å². The van der Waals surface area contributed by atoms with Crippen molar-refractivity contribution in [2.24, 2.45) is 0 Å². The topological polar surface area (TPSA) is 73.2 Å². The highest BCUT2D eigenvalue weighted by Crippen LogP contribution is 2.22. The van der Waals surface area contributed by atoms with Gasteiger partial charge >= 0.3 is 0 Å². The molecule has 0 aliphatic heterocycles. The van der Waals surface area contributed by atoms with Crippen LogP contribution in [0.3, 0.4) is 0 Å². The minimum Gasteiger partial charge on any atom is -0.457 e. The molecule has 0 saturated heterocycles. The molecule has 1 heterocycles. The lowest BCUT2D eigenvalue weighted by molar-refractivity contribution is -0.117. The molecule has 154 valence electrons. The summed E-state index contributed by atoms with van der Waals surface area (Å²) in [5.41, 5.74) is 2.92. The maximum absolute atomic E-state index is 12.5. The summed E-state index contributed by atoms with van der Waals surface area (Å²) >= 11 is 0. The van der Waals surface area contributed by atoms with Gasteiger partial charge in [0.05, 0.1) is 5.69 Å². The predicted octanol–water partition coefficient (Wildman–Crippen LogP) is 4.65. The number of rotatable bonds is 6. The lowest BCUT2D eigenvalue weighted by atomic mass is 10.1. The summed E-state index contributed by atoms with van der Waals surface area (Å²) in [6, 6.07) is 27.4. The van der Waals surface area contributed by atoms with E-state index in [0.717, 1.165) is 21.6 Å². The van der Waals surface area contributed by atoms with Crippen LogP contribution >= 0.6 is 0 Å². The molecule has 1 aromatic heterocycles. The summed E-state index contributed by atoms with van der Waals surface area (Å²) in [4.78, 5) is 24.6. The Kier molecular flexibility index (Phi) is 5.89. The van der Waals surface area contributed by atoms with Gasteiger partial charge in [-0.1, -0.05) is 48.0 Å². The molecule has 31 heavy (non-hydrogen) atoms. The molecular formula is C25H21N3O3. The highest BCUT2D eigenvalue weighted by atomic mass is 16.5. The quantitative estimate of drug-likeness (QED) is 0.501. The van der Waals surface area contributed by atoms with E-state index in [1.165, 1.54) is 6.07 Å². The zero-order valence-electron chi connectivity index (χ0n) is 17.0. The summed E-state index contributed by atoms with van der Waals surface area (Å²) in [7, 11) is 0. The summed E-state index contributed by atoms with van der Waals surface area (Å²) < 4.78 is 6.91. The summed E-state index contributed by atoms with van der Waals surface area (Å²) in [5, 5.41) is 7.12. The van der Waals surface area contributed by atoms with Gasteiger partial charge in [-0.15, -0.1) is 0 Å².